The summed E-state index contributed by atoms with van der Waals surface area (Å²) >= 11 is 0. The molecule has 2 N–H and O–H groups in total. The summed E-state index contributed by atoms with van der Waals surface area (Å²) in [5, 5.41) is 0. The number of hydrogen-bond donors (Lipinski definition) is 1. The molecule has 1 aromatic carbocycles. The fraction of sp³-hybridized carbons (Fsp3) is 0.625. The molecule has 2 bridgehead atoms. The quantitative estimate of drug-likeness (QED) is 0.863. The van der Waals surface area contributed by atoms with Gasteiger partial charge in [0.1, 0.15) is 5.67 Å². The fourth-order valence-corrected chi connectivity index (χ4v) is 4.10. The van der Waals surface area contributed by atoms with E-state index in [1.807, 2.05) is 30.3 Å². The average Bonchev–Trinajstić information content (AvgIpc) is 3.02. The van der Waals surface area contributed by atoms with Crippen LogP contribution in [0, 0.1) is 17.8 Å². The van der Waals surface area contributed by atoms with Crippen molar-refractivity contribution in [1.82, 2.24) is 0 Å². The predicted molar refractivity (Wildman–Crippen MR) is 71.8 cm³/mol. The first-order chi connectivity index (χ1) is 8.71. The first-order valence-electron chi connectivity index (χ1n) is 7.16. The normalized spacial score (nSPS) is 33.6. The van der Waals surface area contributed by atoms with Crippen molar-refractivity contribution in [3.8, 4) is 0 Å². The summed E-state index contributed by atoms with van der Waals surface area (Å²) in [7, 11) is 0. The van der Waals surface area contributed by atoms with E-state index in [0.29, 0.717) is 12.3 Å². The maximum atomic E-state index is 15.1. The molecule has 0 radical (unpaired) electrons. The number of fused-ring (bicyclic) bond motifs is 2. The number of hydrogen-bond acceptors (Lipinski definition) is 1. The maximum Gasteiger partial charge on any atom is 0.148 e. The van der Waals surface area contributed by atoms with Crippen molar-refractivity contribution in [2.45, 2.75) is 37.8 Å². The third kappa shape index (κ3) is 2.07. The van der Waals surface area contributed by atoms with Crippen LogP contribution in [0.4, 0.5) is 4.39 Å². The van der Waals surface area contributed by atoms with Crippen LogP contribution in [0.5, 0.6) is 0 Å². The van der Waals surface area contributed by atoms with Crippen LogP contribution >= 0.6 is 0 Å². The molecule has 2 aliphatic rings. The summed E-state index contributed by atoms with van der Waals surface area (Å²) in [4.78, 5) is 0. The van der Waals surface area contributed by atoms with Gasteiger partial charge in [0.05, 0.1) is 0 Å². The predicted octanol–water partition coefficient (Wildman–Crippen LogP) is 3.64. The molecule has 0 amide bonds. The Labute approximate surface area is 109 Å². The molecule has 0 spiro atoms. The second kappa shape index (κ2) is 4.65. The third-order valence-corrected chi connectivity index (χ3v) is 5.08. The van der Waals surface area contributed by atoms with Crippen LogP contribution in [0.15, 0.2) is 30.3 Å². The highest BCUT2D eigenvalue weighted by molar-refractivity contribution is 5.23. The van der Waals surface area contributed by atoms with Gasteiger partial charge in [-0.15, -0.1) is 0 Å². The highest BCUT2D eigenvalue weighted by Crippen LogP contribution is 2.52. The lowest BCUT2D eigenvalue weighted by molar-refractivity contribution is 0.111. The van der Waals surface area contributed by atoms with Crippen LogP contribution in [-0.4, -0.2) is 6.54 Å². The van der Waals surface area contributed by atoms with Gasteiger partial charge in [-0.2, -0.15) is 0 Å². The summed E-state index contributed by atoms with van der Waals surface area (Å²) in [5.74, 6) is 2.19. The molecule has 98 valence electrons. The molecule has 18 heavy (non-hydrogen) atoms. The second-order valence-electron chi connectivity index (χ2n) is 6.17. The Morgan fingerprint density at radius 2 is 1.94 bits per heavy atom. The summed E-state index contributed by atoms with van der Waals surface area (Å²) in [6, 6.07) is 9.48. The monoisotopic (exact) mass is 247 g/mol. The van der Waals surface area contributed by atoms with Crippen molar-refractivity contribution < 1.29 is 4.39 Å². The van der Waals surface area contributed by atoms with E-state index >= 15 is 4.39 Å². The molecular weight excluding hydrogens is 225 g/mol. The molecule has 0 aliphatic heterocycles. The average molecular weight is 247 g/mol. The van der Waals surface area contributed by atoms with Crippen molar-refractivity contribution in [3.05, 3.63) is 35.9 Å². The summed E-state index contributed by atoms with van der Waals surface area (Å²) in [6.45, 7) is 0.102. The molecule has 1 aromatic rings. The zero-order chi connectivity index (χ0) is 12.6. The summed E-state index contributed by atoms with van der Waals surface area (Å²) in [5.41, 5.74) is 5.18. The van der Waals surface area contributed by atoms with Gasteiger partial charge in [0.15, 0.2) is 0 Å². The Morgan fingerprint density at radius 3 is 2.50 bits per heavy atom. The van der Waals surface area contributed by atoms with E-state index in [-0.39, 0.29) is 6.54 Å². The van der Waals surface area contributed by atoms with Gasteiger partial charge in [-0.1, -0.05) is 36.8 Å². The van der Waals surface area contributed by atoms with Gasteiger partial charge in [-0.05, 0) is 49.0 Å². The lowest BCUT2D eigenvalue weighted by atomic mass is 9.78. The van der Waals surface area contributed by atoms with E-state index in [9.17, 15) is 0 Å². The number of alkyl halides is 1. The zero-order valence-corrected chi connectivity index (χ0v) is 10.8. The Balaban J connectivity index is 1.76. The van der Waals surface area contributed by atoms with Crippen LogP contribution in [0.3, 0.4) is 0 Å². The van der Waals surface area contributed by atoms with Crippen LogP contribution in [0.1, 0.15) is 37.7 Å². The summed E-state index contributed by atoms with van der Waals surface area (Å²) < 4.78 is 15.1. The Bertz CT molecular complexity index is 405. The van der Waals surface area contributed by atoms with Gasteiger partial charge in [0, 0.05) is 6.54 Å². The van der Waals surface area contributed by atoms with Crippen molar-refractivity contribution >= 4 is 0 Å². The van der Waals surface area contributed by atoms with Gasteiger partial charge in [0.2, 0.25) is 0 Å². The molecule has 3 rings (SSSR count). The zero-order valence-electron chi connectivity index (χ0n) is 10.8. The molecule has 1 nitrogen and oxygen atoms in total. The van der Waals surface area contributed by atoms with E-state index in [1.54, 1.807) is 0 Å². The Morgan fingerprint density at radius 1 is 1.17 bits per heavy atom. The van der Waals surface area contributed by atoms with Crippen LogP contribution in [0.2, 0.25) is 0 Å². The number of benzene rings is 1. The molecule has 2 aliphatic carbocycles. The van der Waals surface area contributed by atoms with Crippen molar-refractivity contribution in [2.24, 2.45) is 23.5 Å². The van der Waals surface area contributed by atoms with E-state index in [4.69, 9.17) is 5.73 Å². The molecule has 2 saturated carbocycles. The maximum absolute atomic E-state index is 15.1. The molecule has 0 heterocycles. The molecule has 4 unspecified atom stereocenters. The first kappa shape index (κ1) is 12.2. The topological polar surface area (TPSA) is 26.0 Å². The van der Waals surface area contributed by atoms with Crippen LogP contribution in [0.25, 0.3) is 0 Å². The highest BCUT2D eigenvalue weighted by Gasteiger charge is 2.44. The minimum atomic E-state index is -1.32. The van der Waals surface area contributed by atoms with Crippen molar-refractivity contribution in [3.63, 3.8) is 0 Å². The Hall–Kier alpha value is -0.890. The lowest BCUT2D eigenvalue weighted by Crippen LogP contribution is -2.34. The van der Waals surface area contributed by atoms with Gasteiger partial charge < -0.3 is 5.73 Å². The molecule has 0 aromatic heterocycles. The molecule has 4 atom stereocenters. The van der Waals surface area contributed by atoms with Gasteiger partial charge in [-0.3, -0.25) is 0 Å². The highest BCUT2D eigenvalue weighted by atomic mass is 19.1. The molecular formula is C16H22FN. The molecule has 0 saturated heterocycles. The van der Waals surface area contributed by atoms with E-state index in [0.717, 1.165) is 17.4 Å². The fourth-order valence-electron chi connectivity index (χ4n) is 4.10. The molecule has 2 fully saturated rings. The first-order valence-corrected chi connectivity index (χ1v) is 7.16. The largest absolute Gasteiger partial charge is 0.327 e. The number of rotatable bonds is 4. The van der Waals surface area contributed by atoms with Gasteiger partial charge in [-0.25, -0.2) is 4.39 Å². The smallest absolute Gasteiger partial charge is 0.148 e. The van der Waals surface area contributed by atoms with E-state index in [1.165, 1.54) is 25.7 Å². The van der Waals surface area contributed by atoms with Crippen molar-refractivity contribution in [2.75, 3.05) is 6.54 Å². The second-order valence-corrected chi connectivity index (χ2v) is 6.17. The summed E-state index contributed by atoms with van der Waals surface area (Å²) in [6.07, 6.45) is 5.86. The van der Waals surface area contributed by atoms with Gasteiger partial charge >= 0.3 is 0 Å². The van der Waals surface area contributed by atoms with Crippen molar-refractivity contribution in [1.29, 1.82) is 0 Å². The SMILES string of the molecule is NCC(F)(CC1CC2CCC1C2)c1ccccc1. The number of halogens is 1. The van der Waals surface area contributed by atoms with E-state index < -0.39 is 5.67 Å². The Kier molecular flexibility index (Phi) is 3.14. The van der Waals surface area contributed by atoms with Crippen LogP contribution in [-0.2, 0) is 5.67 Å². The minimum absolute atomic E-state index is 0.102. The standard InChI is InChI=1S/C16H22FN/c17-16(11-18,15-4-2-1-3-5-15)10-14-9-12-6-7-13(14)8-12/h1-5,12-14H,6-11,18H2. The third-order valence-electron chi connectivity index (χ3n) is 5.08. The van der Waals surface area contributed by atoms with E-state index in [2.05, 4.69) is 0 Å². The van der Waals surface area contributed by atoms with Crippen LogP contribution < -0.4 is 5.73 Å². The number of nitrogens with two attached hydrogens (primary N) is 1. The van der Waals surface area contributed by atoms with Gasteiger partial charge in [0.25, 0.3) is 0 Å². The lowest BCUT2D eigenvalue weighted by Gasteiger charge is -2.31. The molecule has 2 heteroatoms. The minimum Gasteiger partial charge on any atom is -0.327 e.